The second-order valence-corrected chi connectivity index (χ2v) is 7.19. The Morgan fingerprint density at radius 2 is 1.86 bits per heavy atom. The predicted molar refractivity (Wildman–Crippen MR) is 110 cm³/mol. The molecule has 0 radical (unpaired) electrons. The molecule has 0 saturated heterocycles. The van der Waals surface area contributed by atoms with Crippen molar-refractivity contribution in [2.75, 3.05) is 12.0 Å². The maximum absolute atomic E-state index is 13.3. The van der Waals surface area contributed by atoms with Gasteiger partial charge in [0.2, 0.25) is 0 Å². The number of amides is 1. The summed E-state index contributed by atoms with van der Waals surface area (Å²) in [5, 5.41) is 2.66. The van der Waals surface area contributed by atoms with Crippen LogP contribution >= 0.6 is 11.3 Å². The van der Waals surface area contributed by atoms with E-state index in [4.69, 9.17) is 9.15 Å². The van der Waals surface area contributed by atoms with Crippen molar-refractivity contribution in [3.05, 3.63) is 93.0 Å². The first kappa shape index (κ1) is 18.0. The van der Waals surface area contributed by atoms with Gasteiger partial charge in [-0.2, -0.15) is 0 Å². The van der Waals surface area contributed by atoms with Crippen molar-refractivity contribution in [1.82, 2.24) is 0 Å². The Kier molecular flexibility index (Phi) is 4.95. The molecule has 140 valence electrons. The number of thiophene rings is 1. The molecule has 0 aliphatic rings. The fraction of sp³-hybridized carbons (Fsp3) is 0.0909. The Bertz CT molecular complexity index is 1160. The number of methoxy groups -OCH3 is 1. The Morgan fingerprint density at radius 3 is 2.57 bits per heavy atom. The van der Waals surface area contributed by atoms with Crippen LogP contribution in [-0.2, 0) is 6.54 Å². The molecule has 0 aliphatic carbocycles. The monoisotopic (exact) mass is 391 g/mol. The van der Waals surface area contributed by atoms with E-state index in [0.29, 0.717) is 29.0 Å². The van der Waals surface area contributed by atoms with Gasteiger partial charge in [0, 0.05) is 16.0 Å². The lowest BCUT2D eigenvalue weighted by atomic mass is 10.1. The zero-order chi connectivity index (χ0) is 19.5. The number of carbonyl (C=O) groups is 1. The summed E-state index contributed by atoms with van der Waals surface area (Å²) in [5.74, 6) is 0.288. The first-order chi connectivity index (χ1) is 13.7. The number of hydrogen-bond acceptors (Lipinski definition) is 5. The van der Waals surface area contributed by atoms with Gasteiger partial charge in [0.15, 0.2) is 0 Å². The molecule has 0 fully saturated rings. The van der Waals surface area contributed by atoms with Crippen molar-refractivity contribution < 1.29 is 13.9 Å². The van der Waals surface area contributed by atoms with E-state index in [2.05, 4.69) is 0 Å². The Morgan fingerprint density at radius 1 is 1.07 bits per heavy atom. The van der Waals surface area contributed by atoms with Gasteiger partial charge in [-0.1, -0.05) is 24.3 Å². The van der Waals surface area contributed by atoms with Gasteiger partial charge in [0.05, 0.1) is 13.7 Å². The van der Waals surface area contributed by atoms with E-state index in [-0.39, 0.29) is 5.56 Å². The Balaban J connectivity index is 1.77. The molecule has 2 aromatic carbocycles. The second kappa shape index (κ2) is 7.70. The smallest absolute Gasteiger partial charge is 0.349 e. The quantitative estimate of drug-likeness (QED) is 0.462. The zero-order valence-corrected chi connectivity index (χ0v) is 15.9. The molecule has 0 saturated carbocycles. The van der Waals surface area contributed by atoms with Gasteiger partial charge >= 0.3 is 5.63 Å². The minimum absolute atomic E-state index is 0.00562. The van der Waals surface area contributed by atoms with Crippen LogP contribution in [0, 0.1) is 0 Å². The normalized spacial score (nSPS) is 10.8. The third-order valence-electron chi connectivity index (χ3n) is 4.40. The van der Waals surface area contributed by atoms with Crippen LogP contribution in [0.1, 0.15) is 15.2 Å². The summed E-state index contributed by atoms with van der Waals surface area (Å²) in [6.07, 6.45) is 0. The SMILES string of the molecule is COc1ccc(N(Cc2cccs2)C(=O)c2cc3ccccc3oc2=O)cc1. The third kappa shape index (κ3) is 3.54. The maximum atomic E-state index is 13.3. The summed E-state index contributed by atoms with van der Waals surface area (Å²) in [6, 6.07) is 19.8. The number of para-hydroxylation sites is 1. The van der Waals surface area contributed by atoms with Crippen LogP contribution in [0.15, 0.2) is 81.3 Å². The van der Waals surface area contributed by atoms with E-state index in [0.717, 1.165) is 4.88 Å². The predicted octanol–water partition coefficient (Wildman–Crippen LogP) is 4.71. The minimum atomic E-state index is -0.645. The Hall–Kier alpha value is -3.38. The van der Waals surface area contributed by atoms with Crippen molar-refractivity contribution in [2.45, 2.75) is 6.54 Å². The molecule has 2 heterocycles. The van der Waals surface area contributed by atoms with E-state index in [9.17, 15) is 9.59 Å². The van der Waals surface area contributed by atoms with Crippen LogP contribution in [0.3, 0.4) is 0 Å². The van der Waals surface area contributed by atoms with Crippen molar-refractivity contribution in [3.8, 4) is 5.75 Å². The molecule has 0 atom stereocenters. The van der Waals surface area contributed by atoms with Crippen LogP contribution in [0.25, 0.3) is 11.0 Å². The molecule has 6 heteroatoms. The van der Waals surface area contributed by atoms with Crippen LogP contribution in [0.4, 0.5) is 5.69 Å². The number of nitrogens with zero attached hydrogens (tertiary/aromatic N) is 1. The number of ether oxygens (including phenoxy) is 1. The molecular weight excluding hydrogens is 374 g/mol. The van der Waals surface area contributed by atoms with E-state index in [1.54, 1.807) is 65.8 Å². The summed E-state index contributed by atoms with van der Waals surface area (Å²) in [6.45, 7) is 0.356. The topological polar surface area (TPSA) is 59.8 Å². The molecule has 0 bridgehead atoms. The highest BCUT2D eigenvalue weighted by Crippen LogP contribution is 2.25. The molecule has 28 heavy (non-hydrogen) atoms. The van der Waals surface area contributed by atoms with Gasteiger partial charge in [-0.05, 0) is 47.8 Å². The third-order valence-corrected chi connectivity index (χ3v) is 5.26. The molecule has 0 aliphatic heterocycles. The largest absolute Gasteiger partial charge is 0.497 e. The summed E-state index contributed by atoms with van der Waals surface area (Å²) in [4.78, 5) is 28.4. The summed E-state index contributed by atoms with van der Waals surface area (Å²) in [7, 11) is 1.59. The molecule has 0 spiro atoms. The molecule has 0 unspecified atom stereocenters. The van der Waals surface area contributed by atoms with Gasteiger partial charge in [-0.3, -0.25) is 4.79 Å². The lowest BCUT2D eigenvalue weighted by Crippen LogP contribution is -2.33. The molecular formula is C22H17NO4S. The van der Waals surface area contributed by atoms with E-state index >= 15 is 0 Å². The highest BCUT2D eigenvalue weighted by molar-refractivity contribution is 7.09. The van der Waals surface area contributed by atoms with Crippen LogP contribution in [-0.4, -0.2) is 13.0 Å². The molecule has 4 aromatic rings. The number of fused-ring (bicyclic) bond motifs is 1. The van der Waals surface area contributed by atoms with E-state index in [1.165, 1.54) is 0 Å². The average Bonchev–Trinajstić information content (AvgIpc) is 3.24. The first-order valence-electron chi connectivity index (χ1n) is 8.67. The maximum Gasteiger partial charge on any atom is 0.349 e. The van der Waals surface area contributed by atoms with E-state index in [1.807, 2.05) is 29.6 Å². The van der Waals surface area contributed by atoms with Gasteiger partial charge in [-0.15, -0.1) is 11.3 Å². The summed E-state index contributed by atoms with van der Waals surface area (Å²) in [5.41, 5.74) is 0.490. The lowest BCUT2D eigenvalue weighted by Gasteiger charge is -2.22. The second-order valence-electron chi connectivity index (χ2n) is 6.15. The van der Waals surface area contributed by atoms with E-state index < -0.39 is 11.5 Å². The van der Waals surface area contributed by atoms with Crippen molar-refractivity contribution in [3.63, 3.8) is 0 Å². The van der Waals surface area contributed by atoms with Crippen molar-refractivity contribution in [1.29, 1.82) is 0 Å². The number of anilines is 1. The lowest BCUT2D eigenvalue weighted by molar-refractivity contribution is 0.0982. The highest BCUT2D eigenvalue weighted by Gasteiger charge is 2.23. The van der Waals surface area contributed by atoms with Crippen LogP contribution < -0.4 is 15.3 Å². The molecule has 4 rings (SSSR count). The first-order valence-corrected chi connectivity index (χ1v) is 9.55. The fourth-order valence-electron chi connectivity index (χ4n) is 2.96. The number of carbonyl (C=O) groups excluding carboxylic acids is 1. The summed E-state index contributed by atoms with van der Waals surface area (Å²) < 4.78 is 10.6. The van der Waals surface area contributed by atoms with Crippen molar-refractivity contribution >= 4 is 33.9 Å². The standard InChI is InChI=1S/C22H17NO4S/c1-26-17-10-8-16(9-11-17)23(14-18-6-4-12-28-18)21(24)19-13-15-5-2-3-7-20(15)27-22(19)25/h2-13H,14H2,1H3. The highest BCUT2D eigenvalue weighted by atomic mass is 32.1. The summed E-state index contributed by atoms with van der Waals surface area (Å²) >= 11 is 1.55. The van der Waals surface area contributed by atoms with Gasteiger partial charge in [0.25, 0.3) is 5.91 Å². The number of hydrogen-bond donors (Lipinski definition) is 0. The molecule has 0 N–H and O–H groups in total. The van der Waals surface area contributed by atoms with Crippen molar-refractivity contribution in [2.24, 2.45) is 0 Å². The minimum Gasteiger partial charge on any atom is -0.497 e. The van der Waals surface area contributed by atoms with Crippen LogP contribution in [0.2, 0.25) is 0 Å². The average molecular weight is 391 g/mol. The Labute approximate surface area is 165 Å². The molecule has 1 amide bonds. The number of rotatable bonds is 5. The zero-order valence-electron chi connectivity index (χ0n) is 15.1. The van der Waals surface area contributed by atoms with Gasteiger partial charge in [0.1, 0.15) is 16.9 Å². The van der Waals surface area contributed by atoms with Gasteiger partial charge in [-0.25, -0.2) is 4.79 Å². The van der Waals surface area contributed by atoms with Crippen LogP contribution in [0.5, 0.6) is 5.75 Å². The molecule has 5 nitrogen and oxygen atoms in total. The number of benzene rings is 2. The molecule has 2 aromatic heterocycles. The van der Waals surface area contributed by atoms with Gasteiger partial charge < -0.3 is 14.1 Å². The fourth-order valence-corrected chi connectivity index (χ4v) is 3.65.